The Bertz CT molecular complexity index is 1420. The van der Waals surface area contributed by atoms with Crippen LogP contribution in [0, 0.1) is 5.92 Å². The molecule has 3 N–H and O–H groups in total. The van der Waals surface area contributed by atoms with Crippen molar-refractivity contribution in [2.75, 3.05) is 23.6 Å². The van der Waals surface area contributed by atoms with Crippen LogP contribution in [0.4, 0.5) is 5.69 Å². The Morgan fingerprint density at radius 2 is 1.46 bits per heavy atom. The minimum atomic E-state index is -3.78. The lowest BCUT2D eigenvalue weighted by Crippen LogP contribution is -2.51. The number of rotatable bonds is 10. The number of halogens is 3. The monoisotopic (exact) mass is 609 g/mol. The average Bonchev–Trinajstić information content (AvgIpc) is 2.83. The maximum Gasteiger partial charge on any atom is 0.325 e. The maximum absolute atomic E-state index is 13.0. The molecule has 1 atom stereocenters. The number of likely N-dealkylation sites (tertiary alicyclic amines) is 1. The Morgan fingerprint density at radius 3 is 1.97 bits per heavy atom. The summed E-state index contributed by atoms with van der Waals surface area (Å²) >= 11 is 18.3. The molecule has 1 heterocycles. The lowest BCUT2D eigenvalue weighted by molar-refractivity contribution is -0.138. The summed E-state index contributed by atoms with van der Waals surface area (Å²) < 4.78 is 28.4. The summed E-state index contributed by atoms with van der Waals surface area (Å²) in [5.74, 6) is -2.13. The first-order valence-corrected chi connectivity index (χ1v) is 14.8. The largest absolute Gasteiger partial charge is 0.480 e. The standard InChI is InChI=1S/C27H26Cl3N3O5S/c1-16(27(35)36)31-26(34)20-10-23(30)12-24(11-20)32-39(37,38)15-17-13-33(14-17)25(18-2-6-21(28)7-3-18)19-4-8-22(29)9-5-19/h2-12,16-17,25,32H,13-15H2,1H3,(H,31,34)(H,35,36)/t16-/m0/s1. The molecule has 3 aromatic rings. The highest BCUT2D eigenvalue weighted by Crippen LogP contribution is 2.36. The van der Waals surface area contributed by atoms with E-state index in [2.05, 4.69) is 14.9 Å². The lowest BCUT2D eigenvalue weighted by Gasteiger charge is -2.44. The number of amides is 1. The van der Waals surface area contributed by atoms with E-state index in [0.717, 1.165) is 11.1 Å². The third-order valence-electron chi connectivity index (χ3n) is 6.33. The van der Waals surface area contributed by atoms with Gasteiger partial charge < -0.3 is 10.4 Å². The molecule has 0 saturated carbocycles. The van der Waals surface area contributed by atoms with E-state index < -0.39 is 27.9 Å². The van der Waals surface area contributed by atoms with Crippen LogP contribution in [0.2, 0.25) is 15.1 Å². The van der Waals surface area contributed by atoms with E-state index in [1.54, 1.807) is 0 Å². The number of aliphatic carboxylic acids is 1. The first-order chi connectivity index (χ1) is 18.4. The van der Waals surface area contributed by atoms with Gasteiger partial charge in [-0.15, -0.1) is 0 Å². The van der Waals surface area contributed by atoms with Crippen molar-refractivity contribution in [3.63, 3.8) is 0 Å². The summed E-state index contributed by atoms with van der Waals surface area (Å²) in [5.41, 5.74) is 2.22. The van der Waals surface area contributed by atoms with Gasteiger partial charge in [0, 0.05) is 39.6 Å². The molecule has 0 radical (unpaired) electrons. The number of anilines is 1. The Hall–Kier alpha value is -2.82. The third kappa shape index (κ3) is 7.64. The second-order valence-electron chi connectivity index (χ2n) is 9.47. The smallest absolute Gasteiger partial charge is 0.325 e. The molecule has 12 heteroatoms. The SMILES string of the molecule is C[C@H](NC(=O)c1cc(Cl)cc(NS(=O)(=O)CC2CN(C(c3ccc(Cl)cc3)c3ccc(Cl)cc3)C2)c1)C(=O)O. The molecule has 3 aromatic carbocycles. The summed E-state index contributed by atoms with van der Waals surface area (Å²) in [4.78, 5) is 25.6. The highest BCUT2D eigenvalue weighted by molar-refractivity contribution is 7.92. The van der Waals surface area contributed by atoms with Gasteiger partial charge in [0.05, 0.1) is 17.5 Å². The molecule has 1 amide bonds. The topological polar surface area (TPSA) is 116 Å². The van der Waals surface area contributed by atoms with Gasteiger partial charge >= 0.3 is 5.97 Å². The van der Waals surface area contributed by atoms with Crippen LogP contribution < -0.4 is 10.0 Å². The van der Waals surface area contributed by atoms with Crippen molar-refractivity contribution >= 4 is 62.4 Å². The van der Waals surface area contributed by atoms with Crippen molar-refractivity contribution in [2.24, 2.45) is 5.92 Å². The van der Waals surface area contributed by atoms with Crippen molar-refractivity contribution in [2.45, 2.75) is 19.0 Å². The molecule has 39 heavy (non-hydrogen) atoms. The Labute approximate surface area is 241 Å². The van der Waals surface area contributed by atoms with Crippen LogP contribution in [0.3, 0.4) is 0 Å². The number of benzene rings is 3. The molecule has 0 aliphatic carbocycles. The summed E-state index contributed by atoms with van der Waals surface area (Å²) in [7, 11) is -3.78. The van der Waals surface area contributed by atoms with Gasteiger partial charge in [0.2, 0.25) is 10.0 Å². The molecule has 1 fully saturated rings. The van der Waals surface area contributed by atoms with E-state index in [4.69, 9.17) is 39.9 Å². The normalized spacial score (nSPS) is 15.0. The van der Waals surface area contributed by atoms with Gasteiger partial charge in [-0.05, 0) is 60.5 Å². The molecule has 0 bridgehead atoms. The predicted molar refractivity (Wildman–Crippen MR) is 153 cm³/mol. The molecule has 1 aliphatic heterocycles. The van der Waals surface area contributed by atoms with Crippen LogP contribution in [0.15, 0.2) is 66.7 Å². The van der Waals surface area contributed by atoms with Crippen LogP contribution >= 0.6 is 34.8 Å². The van der Waals surface area contributed by atoms with E-state index in [1.165, 1.54) is 25.1 Å². The molecule has 1 aliphatic rings. The fourth-order valence-corrected chi connectivity index (χ4v) is 6.36. The van der Waals surface area contributed by atoms with Crippen LogP contribution in [-0.4, -0.2) is 55.2 Å². The fourth-order valence-electron chi connectivity index (χ4n) is 4.48. The van der Waals surface area contributed by atoms with Gasteiger partial charge in [-0.3, -0.25) is 19.2 Å². The van der Waals surface area contributed by atoms with Crippen LogP contribution in [0.5, 0.6) is 0 Å². The zero-order valence-electron chi connectivity index (χ0n) is 20.8. The summed E-state index contributed by atoms with van der Waals surface area (Å²) in [6, 6.07) is 18.0. The summed E-state index contributed by atoms with van der Waals surface area (Å²) in [6.07, 6.45) is 0. The minimum absolute atomic E-state index is 0.0388. The van der Waals surface area contributed by atoms with Gasteiger partial charge in [0.25, 0.3) is 5.91 Å². The molecule has 4 rings (SSSR count). The van der Waals surface area contributed by atoms with E-state index in [1.807, 2.05) is 48.5 Å². The van der Waals surface area contributed by atoms with E-state index >= 15 is 0 Å². The number of sulfonamides is 1. The van der Waals surface area contributed by atoms with Crippen molar-refractivity contribution < 1.29 is 23.1 Å². The number of nitrogens with zero attached hydrogens (tertiary/aromatic N) is 1. The number of nitrogens with one attached hydrogen (secondary N) is 2. The maximum atomic E-state index is 13.0. The highest BCUT2D eigenvalue weighted by Gasteiger charge is 2.36. The molecular weight excluding hydrogens is 585 g/mol. The Balaban J connectivity index is 1.43. The third-order valence-corrected chi connectivity index (χ3v) is 8.51. The van der Waals surface area contributed by atoms with Crippen molar-refractivity contribution in [1.29, 1.82) is 0 Å². The van der Waals surface area contributed by atoms with E-state index in [0.29, 0.717) is 23.1 Å². The van der Waals surface area contributed by atoms with Gasteiger partial charge in [-0.2, -0.15) is 0 Å². The molecule has 0 unspecified atom stereocenters. The molecule has 206 valence electrons. The predicted octanol–water partition coefficient (Wildman–Crippen LogP) is 5.31. The van der Waals surface area contributed by atoms with Crippen molar-refractivity contribution in [3.8, 4) is 0 Å². The first-order valence-electron chi connectivity index (χ1n) is 12.0. The van der Waals surface area contributed by atoms with Gasteiger partial charge in [0.15, 0.2) is 0 Å². The molecular formula is C27H26Cl3N3O5S. The zero-order chi connectivity index (χ0) is 28.3. The Morgan fingerprint density at radius 1 is 0.923 bits per heavy atom. The molecule has 1 saturated heterocycles. The Kier molecular flexibility index (Phi) is 9.08. The van der Waals surface area contributed by atoms with Gasteiger partial charge in [0.1, 0.15) is 6.04 Å². The van der Waals surface area contributed by atoms with Crippen molar-refractivity contribution in [3.05, 3.63) is 98.5 Å². The second-order valence-corrected chi connectivity index (χ2v) is 12.5. The average molecular weight is 611 g/mol. The lowest BCUT2D eigenvalue weighted by atomic mass is 9.91. The minimum Gasteiger partial charge on any atom is -0.480 e. The number of carbonyl (C=O) groups excluding carboxylic acids is 1. The molecule has 0 aromatic heterocycles. The summed E-state index contributed by atoms with van der Waals surface area (Å²) in [5, 5.41) is 12.7. The van der Waals surface area contributed by atoms with Crippen LogP contribution in [-0.2, 0) is 14.8 Å². The fraction of sp³-hybridized carbons (Fsp3) is 0.259. The molecule has 8 nitrogen and oxygen atoms in total. The quantitative estimate of drug-likeness (QED) is 0.287. The number of carboxylic acids is 1. The highest BCUT2D eigenvalue weighted by atomic mass is 35.5. The molecule has 0 spiro atoms. The number of carbonyl (C=O) groups is 2. The zero-order valence-corrected chi connectivity index (χ0v) is 23.9. The van der Waals surface area contributed by atoms with Crippen LogP contribution in [0.25, 0.3) is 0 Å². The number of carboxylic acid groups (broad SMARTS) is 1. The van der Waals surface area contributed by atoms with E-state index in [-0.39, 0.29) is 34.0 Å². The summed E-state index contributed by atoms with van der Waals surface area (Å²) in [6.45, 7) is 2.42. The van der Waals surface area contributed by atoms with Gasteiger partial charge in [-0.25, -0.2) is 8.42 Å². The van der Waals surface area contributed by atoms with Crippen molar-refractivity contribution in [1.82, 2.24) is 10.2 Å². The van der Waals surface area contributed by atoms with Crippen LogP contribution in [0.1, 0.15) is 34.5 Å². The first kappa shape index (κ1) is 29.2. The number of hydrogen-bond acceptors (Lipinski definition) is 5. The number of hydrogen-bond donors (Lipinski definition) is 3. The second kappa shape index (κ2) is 12.1. The van der Waals surface area contributed by atoms with Gasteiger partial charge in [-0.1, -0.05) is 59.1 Å². The van der Waals surface area contributed by atoms with E-state index in [9.17, 15) is 18.0 Å².